The third kappa shape index (κ3) is 9.71. The summed E-state index contributed by atoms with van der Waals surface area (Å²) in [5, 5.41) is 11.3. The maximum Gasteiger partial charge on any atom is 0.315 e. The Labute approximate surface area is 303 Å². The lowest BCUT2D eigenvalue weighted by Crippen LogP contribution is -2.63. The first-order chi connectivity index (χ1) is 24.0. The average molecular weight is 731 g/mol. The predicted molar refractivity (Wildman–Crippen MR) is 194 cm³/mol. The van der Waals surface area contributed by atoms with Crippen molar-refractivity contribution >= 4 is 39.6 Å². The van der Waals surface area contributed by atoms with Gasteiger partial charge in [0, 0.05) is 38.6 Å². The van der Waals surface area contributed by atoms with Crippen LogP contribution < -0.4 is 21.3 Å². The molecule has 51 heavy (non-hydrogen) atoms. The maximum absolute atomic E-state index is 14.8. The number of terminal acetylenes is 1. The summed E-state index contributed by atoms with van der Waals surface area (Å²) >= 11 is 0. The van der Waals surface area contributed by atoms with Crippen LogP contribution in [0.5, 0.6) is 0 Å². The summed E-state index contributed by atoms with van der Waals surface area (Å²) in [6.07, 6.45) is 14.4. The highest BCUT2D eigenvalue weighted by atomic mass is 32.2. The molecule has 4 N–H and O–H groups in total. The van der Waals surface area contributed by atoms with Gasteiger partial charge in [-0.3, -0.25) is 19.2 Å². The lowest BCUT2D eigenvalue weighted by molar-refractivity contribution is -0.145. The van der Waals surface area contributed by atoms with Crippen molar-refractivity contribution in [3.8, 4) is 12.3 Å². The van der Waals surface area contributed by atoms with E-state index in [1.54, 1.807) is 4.90 Å². The molecule has 0 spiro atoms. The summed E-state index contributed by atoms with van der Waals surface area (Å²) in [5.41, 5.74) is -1.08. The van der Waals surface area contributed by atoms with E-state index < -0.39 is 68.6 Å². The van der Waals surface area contributed by atoms with Gasteiger partial charge in [0.05, 0.1) is 11.8 Å². The van der Waals surface area contributed by atoms with Gasteiger partial charge in [0.25, 0.3) is 5.91 Å². The zero-order chi connectivity index (χ0) is 37.6. The zero-order valence-electron chi connectivity index (χ0n) is 30.8. The summed E-state index contributed by atoms with van der Waals surface area (Å²) in [5.74, 6) is -0.0362. The van der Waals surface area contributed by atoms with Crippen molar-refractivity contribution < 1.29 is 32.4 Å². The molecule has 4 fully saturated rings. The SMILES string of the molecule is C#CCCC(NC(=O)[C@@H]1[C@H]2CCC[C@H]2CN1C(=O)[C@@H](NC(=O)N[C@H](CN1CCCS1(=O)=O)C(C)(C)C)C1(C)CCCCC1)C(=O)C(=O)NCC=C. The highest BCUT2D eigenvalue weighted by Gasteiger charge is 2.53. The van der Waals surface area contributed by atoms with Gasteiger partial charge in [-0.15, -0.1) is 18.9 Å². The van der Waals surface area contributed by atoms with Gasteiger partial charge in [-0.25, -0.2) is 13.2 Å². The van der Waals surface area contributed by atoms with Gasteiger partial charge in [0.2, 0.25) is 27.6 Å². The van der Waals surface area contributed by atoms with E-state index >= 15 is 0 Å². The highest BCUT2D eigenvalue weighted by Crippen LogP contribution is 2.45. The first kappa shape index (κ1) is 40.3. The van der Waals surface area contributed by atoms with E-state index in [9.17, 15) is 32.4 Å². The Balaban J connectivity index is 1.59. The third-order valence-corrected chi connectivity index (χ3v) is 13.4. The van der Waals surface area contributed by atoms with Crippen LogP contribution in [0, 0.1) is 35.0 Å². The molecule has 2 saturated heterocycles. The number of sulfonamides is 1. The molecular formula is C37H58N6O7S. The smallest absolute Gasteiger partial charge is 0.315 e. The van der Waals surface area contributed by atoms with Crippen molar-refractivity contribution in [1.29, 1.82) is 0 Å². The van der Waals surface area contributed by atoms with Gasteiger partial charge in [0.15, 0.2) is 0 Å². The van der Waals surface area contributed by atoms with Crippen molar-refractivity contribution in [1.82, 2.24) is 30.5 Å². The molecule has 2 aliphatic carbocycles. The second kappa shape index (κ2) is 16.9. The van der Waals surface area contributed by atoms with E-state index in [0.29, 0.717) is 32.4 Å². The number of likely N-dealkylation sites (tertiary alicyclic amines) is 1. The number of ketones is 1. The molecule has 2 heterocycles. The molecule has 0 bridgehead atoms. The van der Waals surface area contributed by atoms with Gasteiger partial charge in [-0.05, 0) is 61.2 Å². The van der Waals surface area contributed by atoms with Crippen molar-refractivity contribution in [3.05, 3.63) is 12.7 Å². The van der Waals surface area contributed by atoms with Gasteiger partial charge in [0.1, 0.15) is 12.1 Å². The second-order valence-electron chi connectivity index (χ2n) is 16.2. The molecule has 5 amide bonds. The van der Waals surface area contributed by atoms with Gasteiger partial charge >= 0.3 is 6.03 Å². The zero-order valence-corrected chi connectivity index (χ0v) is 31.6. The lowest BCUT2D eigenvalue weighted by Gasteiger charge is -2.43. The summed E-state index contributed by atoms with van der Waals surface area (Å²) in [6.45, 7) is 12.3. The van der Waals surface area contributed by atoms with Crippen LogP contribution in [0.2, 0.25) is 0 Å². The molecule has 1 unspecified atom stereocenters. The average Bonchev–Trinajstić information content (AvgIpc) is 3.77. The first-order valence-electron chi connectivity index (χ1n) is 18.5. The largest absolute Gasteiger partial charge is 0.346 e. The van der Waals surface area contributed by atoms with E-state index in [4.69, 9.17) is 6.42 Å². The van der Waals surface area contributed by atoms with Crippen LogP contribution in [0.3, 0.4) is 0 Å². The summed E-state index contributed by atoms with van der Waals surface area (Å²) in [6, 6.07) is -4.11. The topological polar surface area (TPSA) is 174 Å². The van der Waals surface area contributed by atoms with E-state index in [1.165, 1.54) is 10.4 Å². The van der Waals surface area contributed by atoms with E-state index in [0.717, 1.165) is 38.5 Å². The minimum absolute atomic E-state index is 0.0629. The van der Waals surface area contributed by atoms with Crippen LogP contribution in [-0.2, 0) is 29.2 Å². The van der Waals surface area contributed by atoms with Gasteiger partial charge in [-0.1, -0.05) is 59.5 Å². The number of hydrogen-bond acceptors (Lipinski definition) is 7. The fourth-order valence-corrected chi connectivity index (χ4v) is 9.88. The van der Waals surface area contributed by atoms with Crippen LogP contribution >= 0.6 is 0 Å². The number of nitrogens with one attached hydrogen (secondary N) is 4. The van der Waals surface area contributed by atoms with Crippen LogP contribution in [0.25, 0.3) is 0 Å². The molecule has 2 aliphatic heterocycles. The molecule has 0 aromatic rings. The second-order valence-corrected chi connectivity index (χ2v) is 18.3. The number of rotatable bonds is 14. The first-order valence-corrected chi connectivity index (χ1v) is 20.2. The Morgan fingerprint density at radius 1 is 1.02 bits per heavy atom. The van der Waals surface area contributed by atoms with Crippen LogP contribution in [-0.4, -0.2) is 103 Å². The standard InChI is InChI=1S/C37H58N6O7S/c1-7-9-17-27(30(44)33(46)38-20-8-2)39-32(45)29-26-16-13-15-25(26)23-43(29)34(47)31(37(6)18-11-10-12-19-37)41-35(48)40-28(36(3,4)5)24-42-21-14-22-51(42,49)50/h1,8,25-29,31H,2,9-24H2,3-6H3,(H,38,46)(H,39,45)(H2,40,41,48)/t25-,26-,27?,28+,29-,31+/m0/s1. The maximum atomic E-state index is 14.8. The monoisotopic (exact) mass is 730 g/mol. The van der Waals surface area contributed by atoms with Crippen molar-refractivity contribution in [2.75, 3.05) is 31.9 Å². The number of fused-ring (bicyclic) bond motifs is 1. The number of Topliss-reactive ketones (excluding diaryl/α,β-unsaturated/α-hetero) is 1. The molecule has 0 aromatic heterocycles. The molecule has 13 nitrogen and oxygen atoms in total. The van der Waals surface area contributed by atoms with Crippen LogP contribution in [0.1, 0.15) is 98.3 Å². The van der Waals surface area contributed by atoms with Crippen molar-refractivity contribution in [2.24, 2.45) is 22.7 Å². The molecule has 0 radical (unpaired) electrons. The summed E-state index contributed by atoms with van der Waals surface area (Å²) < 4.78 is 26.7. The normalized spacial score (nSPS) is 25.8. The summed E-state index contributed by atoms with van der Waals surface area (Å²) in [7, 11) is -3.40. The molecular weight excluding hydrogens is 673 g/mol. The molecule has 284 valence electrons. The number of hydrogen-bond donors (Lipinski definition) is 4. The molecule has 14 heteroatoms. The van der Waals surface area contributed by atoms with E-state index in [1.807, 2.05) is 27.7 Å². The summed E-state index contributed by atoms with van der Waals surface area (Å²) in [4.78, 5) is 70.2. The fraction of sp³-hybridized carbons (Fsp3) is 0.757. The molecule has 4 aliphatic rings. The number of carbonyl (C=O) groups excluding carboxylic acids is 5. The molecule has 4 rings (SSSR count). The lowest BCUT2D eigenvalue weighted by atomic mass is 9.70. The van der Waals surface area contributed by atoms with Crippen molar-refractivity contribution in [2.45, 2.75) is 122 Å². The number of urea groups is 1. The Hall–Kier alpha value is -3.44. The Kier molecular flexibility index (Phi) is 13.4. The molecule has 6 atom stereocenters. The number of nitrogens with zero attached hydrogens (tertiary/aromatic N) is 2. The fourth-order valence-electron chi connectivity index (χ4n) is 8.35. The van der Waals surface area contributed by atoms with Crippen LogP contribution in [0.15, 0.2) is 12.7 Å². The molecule has 2 saturated carbocycles. The number of amides is 5. The quantitative estimate of drug-likeness (QED) is 0.121. The predicted octanol–water partition coefficient (Wildman–Crippen LogP) is 2.47. The van der Waals surface area contributed by atoms with E-state index in [-0.39, 0.29) is 49.4 Å². The third-order valence-electron chi connectivity index (χ3n) is 11.4. The highest BCUT2D eigenvalue weighted by molar-refractivity contribution is 7.89. The minimum Gasteiger partial charge on any atom is -0.346 e. The van der Waals surface area contributed by atoms with Gasteiger partial charge < -0.3 is 26.2 Å². The van der Waals surface area contributed by atoms with E-state index in [2.05, 4.69) is 33.8 Å². The van der Waals surface area contributed by atoms with Crippen LogP contribution in [0.4, 0.5) is 4.79 Å². The minimum atomic E-state index is -3.40. The Bertz CT molecular complexity index is 1480. The Morgan fingerprint density at radius 3 is 2.33 bits per heavy atom. The number of carbonyl (C=O) groups is 5. The molecule has 0 aromatic carbocycles. The Morgan fingerprint density at radius 2 is 1.73 bits per heavy atom. The van der Waals surface area contributed by atoms with Gasteiger partial charge in [-0.2, -0.15) is 4.31 Å². The van der Waals surface area contributed by atoms with Crippen molar-refractivity contribution in [3.63, 3.8) is 0 Å².